The highest BCUT2D eigenvalue weighted by molar-refractivity contribution is 8.00. The molecule has 1 atom stereocenters. The molecule has 7 rings (SSSR count). The number of rotatable bonds is 7. The van der Waals surface area contributed by atoms with Gasteiger partial charge in [0.05, 0.1) is 46.7 Å². The first-order valence-electron chi connectivity index (χ1n) is 14.9. The zero-order chi connectivity index (χ0) is 29.7. The number of hydrogen-bond acceptors (Lipinski definition) is 9. The average Bonchev–Trinajstić information content (AvgIpc) is 3.11. The van der Waals surface area contributed by atoms with Crippen molar-refractivity contribution in [2.75, 3.05) is 30.2 Å². The first-order chi connectivity index (χ1) is 20.8. The third kappa shape index (κ3) is 5.60. The maximum Gasteiger partial charge on any atom is 0.213 e. The van der Waals surface area contributed by atoms with Crippen molar-refractivity contribution in [2.45, 2.75) is 68.9 Å². The lowest BCUT2D eigenvalue weighted by Gasteiger charge is -2.34. The Kier molecular flexibility index (Phi) is 7.55. The van der Waals surface area contributed by atoms with Gasteiger partial charge in [-0.2, -0.15) is 0 Å². The summed E-state index contributed by atoms with van der Waals surface area (Å²) in [4.78, 5) is 27.8. The molecule has 1 fully saturated rings. The third-order valence-corrected chi connectivity index (χ3v) is 11.4. The number of pyridine rings is 3. The van der Waals surface area contributed by atoms with Gasteiger partial charge in [0.1, 0.15) is 5.82 Å². The number of thioether (sulfide) groups is 2. The molecule has 5 heterocycles. The zero-order valence-corrected chi connectivity index (χ0v) is 26.6. The molecule has 43 heavy (non-hydrogen) atoms. The second-order valence-corrected chi connectivity index (χ2v) is 14.7. The van der Waals surface area contributed by atoms with Crippen LogP contribution in [0.3, 0.4) is 0 Å². The van der Waals surface area contributed by atoms with Crippen molar-refractivity contribution in [3.8, 4) is 5.88 Å². The van der Waals surface area contributed by atoms with Gasteiger partial charge < -0.3 is 19.9 Å². The molecule has 1 unspecified atom stereocenters. The number of aromatic nitrogens is 3. The predicted octanol–water partition coefficient (Wildman–Crippen LogP) is 5.89. The van der Waals surface area contributed by atoms with Crippen molar-refractivity contribution in [2.24, 2.45) is 5.41 Å². The van der Waals surface area contributed by atoms with E-state index in [1.807, 2.05) is 30.1 Å². The van der Waals surface area contributed by atoms with E-state index in [9.17, 15) is 4.79 Å². The number of nitrogens with two attached hydrogens (primary N) is 1. The number of benzene rings is 1. The van der Waals surface area contributed by atoms with Crippen molar-refractivity contribution in [1.29, 1.82) is 0 Å². The summed E-state index contributed by atoms with van der Waals surface area (Å²) in [5.74, 6) is 2.88. The monoisotopic (exact) mass is 614 g/mol. The van der Waals surface area contributed by atoms with Gasteiger partial charge in [-0.3, -0.25) is 9.69 Å². The van der Waals surface area contributed by atoms with Crippen molar-refractivity contribution >= 4 is 45.9 Å². The van der Waals surface area contributed by atoms with E-state index in [1.54, 1.807) is 25.1 Å². The molecule has 0 amide bonds. The number of anilines is 2. The zero-order valence-electron chi connectivity index (χ0n) is 25.0. The standard InChI is InChI=1S/C33H38N6O2S2/c1-33(2)14-22-12-25-27(13-23(22)15-33)39-20-43-32(39)26(31(25)40)18-38(17-21-8-9-35-29(11-21)41-3)30-5-4-10-37(19-42-30)24-6-7-28(34)36-16-24/h6-9,11-13,16,30H,4-5,10,14-15,17-20H2,1-3H3,(H2,34,36). The van der Waals surface area contributed by atoms with Gasteiger partial charge in [-0.25, -0.2) is 9.97 Å². The SMILES string of the molecule is COc1cc(CN(Cc2c3n(c4cc5c(cc4c2=O)CC(C)(C)C5)CS3)C2CCCN(c3ccc(N)nc3)CS2)ccn1. The van der Waals surface area contributed by atoms with E-state index in [-0.39, 0.29) is 16.2 Å². The highest BCUT2D eigenvalue weighted by Crippen LogP contribution is 2.42. The maximum atomic E-state index is 14.3. The van der Waals surface area contributed by atoms with Crippen LogP contribution in [0.15, 0.2) is 58.6 Å². The van der Waals surface area contributed by atoms with Crippen LogP contribution in [0.1, 0.15) is 48.9 Å². The van der Waals surface area contributed by atoms with Gasteiger partial charge in [-0.1, -0.05) is 25.6 Å². The predicted molar refractivity (Wildman–Crippen MR) is 177 cm³/mol. The molecule has 0 saturated carbocycles. The van der Waals surface area contributed by atoms with Gasteiger partial charge in [0.15, 0.2) is 5.43 Å². The Bertz CT molecular complexity index is 1740. The Labute approximate surface area is 261 Å². The smallest absolute Gasteiger partial charge is 0.213 e. The minimum absolute atomic E-state index is 0.187. The lowest BCUT2D eigenvalue weighted by atomic mass is 9.90. The van der Waals surface area contributed by atoms with Crippen LogP contribution < -0.4 is 20.8 Å². The molecule has 10 heteroatoms. The van der Waals surface area contributed by atoms with Crippen molar-refractivity contribution in [3.05, 3.63) is 81.3 Å². The molecular formula is C33H38N6O2S2. The minimum atomic E-state index is 0.187. The van der Waals surface area contributed by atoms with Crippen LogP contribution in [0.4, 0.5) is 11.5 Å². The summed E-state index contributed by atoms with van der Waals surface area (Å²) in [6.45, 7) is 6.91. The van der Waals surface area contributed by atoms with Crippen LogP contribution in [-0.2, 0) is 31.8 Å². The van der Waals surface area contributed by atoms with Crippen LogP contribution in [0.25, 0.3) is 10.9 Å². The molecule has 4 aromatic rings. The Hall–Kier alpha value is -3.21. The van der Waals surface area contributed by atoms with E-state index >= 15 is 0 Å². The molecule has 0 radical (unpaired) electrons. The summed E-state index contributed by atoms with van der Waals surface area (Å²) in [5, 5.41) is 2.24. The molecule has 3 aliphatic rings. The number of fused-ring (bicyclic) bond motifs is 4. The number of nitrogens with zero attached hydrogens (tertiary/aromatic N) is 5. The summed E-state index contributed by atoms with van der Waals surface area (Å²) in [6.07, 6.45) is 7.84. The van der Waals surface area contributed by atoms with E-state index in [4.69, 9.17) is 10.5 Å². The Morgan fingerprint density at radius 2 is 1.93 bits per heavy atom. The van der Waals surface area contributed by atoms with Gasteiger partial charge in [0.2, 0.25) is 5.88 Å². The lowest BCUT2D eigenvalue weighted by molar-refractivity contribution is 0.225. The third-order valence-electron chi connectivity index (χ3n) is 8.90. The molecular weight excluding hydrogens is 577 g/mol. The summed E-state index contributed by atoms with van der Waals surface area (Å²) < 4.78 is 7.81. The van der Waals surface area contributed by atoms with Gasteiger partial charge in [0.25, 0.3) is 0 Å². The number of nitrogen functional groups attached to an aromatic ring is 1. The molecule has 1 aromatic carbocycles. The first-order valence-corrected chi connectivity index (χ1v) is 17.0. The topological polar surface area (TPSA) is 89.5 Å². The van der Waals surface area contributed by atoms with Gasteiger partial charge in [0, 0.05) is 42.8 Å². The van der Waals surface area contributed by atoms with Crippen molar-refractivity contribution < 1.29 is 4.74 Å². The molecule has 3 aromatic heterocycles. The van der Waals surface area contributed by atoms with Crippen LogP contribution in [0, 0.1) is 5.41 Å². The summed E-state index contributed by atoms with van der Waals surface area (Å²) in [7, 11) is 1.65. The molecule has 1 aliphatic carbocycles. The Morgan fingerprint density at radius 1 is 1.09 bits per heavy atom. The van der Waals surface area contributed by atoms with Gasteiger partial charge in [-0.15, -0.1) is 11.8 Å². The fourth-order valence-electron chi connectivity index (χ4n) is 6.74. The number of hydrogen-bond donors (Lipinski definition) is 1. The molecule has 2 aliphatic heterocycles. The van der Waals surface area contributed by atoms with Crippen molar-refractivity contribution in [3.63, 3.8) is 0 Å². The normalized spacial score (nSPS) is 19.2. The minimum Gasteiger partial charge on any atom is -0.481 e. The Morgan fingerprint density at radius 3 is 2.67 bits per heavy atom. The van der Waals surface area contributed by atoms with Crippen LogP contribution in [-0.4, -0.2) is 44.3 Å². The average molecular weight is 615 g/mol. The largest absolute Gasteiger partial charge is 0.481 e. The maximum absolute atomic E-state index is 14.3. The number of ether oxygens (including phenoxy) is 1. The Balaban J connectivity index is 1.23. The van der Waals surface area contributed by atoms with Crippen LogP contribution in [0.5, 0.6) is 5.88 Å². The van der Waals surface area contributed by atoms with Gasteiger partial charge in [-0.05, 0) is 78.1 Å². The van der Waals surface area contributed by atoms with E-state index < -0.39 is 0 Å². The fourth-order valence-corrected chi connectivity index (χ4v) is 9.02. The molecule has 224 valence electrons. The highest BCUT2D eigenvalue weighted by Gasteiger charge is 2.33. The highest BCUT2D eigenvalue weighted by atomic mass is 32.2. The van der Waals surface area contributed by atoms with E-state index in [2.05, 4.69) is 62.4 Å². The number of methoxy groups -OCH3 is 1. The first kappa shape index (κ1) is 28.6. The molecule has 0 spiro atoms. The summed E-state index contributed by atoms with van der Waals surface area (Å²) in [6, 6.07) is 12.5. The van der Waals surface area contributed by atoms with E-state index in [1.165, 1.54) is 11.1 Å². The van der Waals surface area contributed by atoms with Crippen LogP contribution >= 0.6 is 23.5 Å². The van der Waals surface area contributed by atoms with Gasteiger partial charge >= 0.3 is 0 Å². The van der Waals surface area contributed by atoms with E-state index in [0.717, 1.165) is 76.7 Å². The summed E-state index contributed by atoms with van der Waals surface area (Å²) in [5.41, 5.74) is 13.3. The summed E-state index contributed by atoms with van der Waals surface area (Å²) >= 11 is 3.73. The van der Waals surface area contributed by atoms with Crippen molar-refractivity contribution in [1.82, 2.24) is 19.4 Å². The second kappa shape index (κ2) is 11.4. The van der Waals surface area contributed by atoms with E-state index in [0.29, 0.717) is 24.8 Å². The molecule has 0 bridgehead atoms. The molecule has 8 nitrogen and oxygen atoms in total. The second-order valence-electron chi connectivity index (χ2n) is 12.7. The lowest BCUT2D eigenvalue weighted by Crippen LogP contribution is -2.36. The fraction of sp³-hybridized carbons (Fsp3) is 0.424. The molecule has 1 saturated heterocycles. The quantitative estimate of drug-likeness (QED) is 0.274. The van der Waals surface area contributed by atoms with Crippen LogP contribution in [0.2, 0.25) is 0 Å². The molecule has 2 N–H and O–H groups in total.